The van der Waals surface area contributed by atoms with E-state index < -0.39 is 0 Å². The first-order valence-corrected chi connectivity index (χ1v) is 7.16. The van der Waals surface area contributed by atoms with Gasteiger partial charge in [-0.2, -0.15) is 0 Å². The largest absolute Gasteiger partial charge is 0.372 e. The van der Waals surface area contributed by atoms with Gasteiger partial charge in [-0.05, 0) is 38.3 Å². The zero-order valence-electron chi connectivity index (χ0n) is 12.1. The molecule has 0 aliphatic rings. The van der Waals surface area contributed by atoms with Gasteiger partial charge in [0.1, 0.15) is 0 Å². The molecule has 0 saturated heterocycles. The highest BCUT2D eigenvalue weighted by atomic mass is 35.5. The minimum Gasteiger partial charge on any atom is -0.372 e. The van der Waals surface area contributed by atoms with Crippen LogP contribution < -0.4 is 4.90 Å². The number of anilines is 1. The van der Waals surface area contributed by atoms with Crippen molar-refractivity contribution in [2.45, 2.75) is 52.9 Å². The first kappa shape index (κ1) is 17.3. The van der Waals surface area contributed by atoms with Crippen molar-refractivity contribution in [2.75, 3.05) is 18.0 Å². The van der Waals surface area contributed by atoms with Gasteiger partial charge in [-0.25, -0.2) is 0 Å². The number of halogens is 1. The number of nitrogens with zero attached hydrogens (tertiary/aromatic N) is 1. The van der Waals surface area contributed by atoms with Gasteiger partial charge in [0, 0.05) is 18.8 Å². The Morgan fingerprint density at radius 3 is 2.17 bits per heavy atom. The molecule has 2 heteroatoms. The van der Waals surface area contributed by atoms with Crippen molar-refractivity contribution >= 4 is 18.1 Å². The van der Waals surface area contributed by atoms with Gasteiger partial charge in [0.15, 0.2) is 0 Å². The maximum atomic E-state index is 2.45. The minimum absolute atomic E-state index is 0. The summed E-state index contributed by atoms with van der Waals surface area (Å²) in [6.07, 6.45) is 6.60. The number of rotatable bonds is 8. The molecule has 0 bridgehead atoms. The van der Waals surface area contributed by atoms with Gasteiger partial charge in [-0.15, -0.1) is 12.4 Å². The summed E-state index contributed by atoms with van der Waals surface area (Å²) in [7, 11) is 0. The quantitative estimate of drug-likeness (QED) is 0.595. The summed E-state index contributed by atoms with van der Waals surface area (Å²) in [4.78, 5) is 2.45. The van der Waals surface area contributed by atoms with Crippen LogP contribution in [0.25, 0.3) is 0 Å². The van der Waals surface area contributed by atoms with Crippen LogP contribution in [0.5, 0.6) is 0 Å². The van der Waals surface area contributed by atoms with Crippen LogP contribution >= 0.6 is 12.4 Å². The van der Waals surface area contributed by atoms with Crippen LogP contribution in [0.15, 0.2) is 24.3 Å². The second kappa shape index (κ2) is 10.3. The number of unbranched alkanes of at least 4 members (excludes halogenated alkanes) is 3. The summed E-state index contributed by atoms with van der Waals surface area (Å²) in [5.41, 5.74) is 2.96. The van der Waals surface area contributed by atoms with E-state index in [1.807, 2.05) is 0 Å². The Morgan fingerprint density at radius 1 is 0.889 bits per heavy atom. The molecule has 104 valence electrons. The highest BCUT2D eigenvalue weighted by Crippen LogP contribution is 2.22. The van der Waals surface area contributed by atoms with Gasteiger partial charge in [-0.3, -0.25) is 0 Å². The number of hydrogen-bond donors (Lipinski definition) is 0. The predicted octanol–water partition coefficient (Wildman–Crippen LogP) is 5.08. The Hall–Kier alpha value is -0.690. The molecule has 1 rings (SSSR count). The van der Waals surface area contributed by atoms with E-state index >= 15 is 0 Å². The Kier molecular flexibility index (Phi) is 9.86. The summed E-state index contributed by atoms with van der Waals surface area (Å²) >= 11 is 0. The molecule has 0 spiro atoms. The van der Waals surface area contributed by atoms with E-state index in [1.165, 1.54) is 43.4 Å². The molecule has 18 heavy (non-hydrogen) atoms. The van der Waals surface area contributed by atoms with E-state index in [-0.39, 0.29) is 12.4 Å². The Labute approximate surface area is 119 Å². The highest BCUT2D eigenvalue weighted by Gasteiger charge is 2.06. The second-order valence-electron chi connectivity index (χ2n) is 4.61. The monoisotopic (exact) mass is 269 g/mol. The molecule has 0 radical (unpaired) electrons. The first-order chi connectivity index (χ1) is 8.33. The van der Waals surface area contributed by atoms with Crippen molar-refractivity contribution in [1.82, 2.24) is 0 Å². The van der Waals surface area contributed by atoms with Crippen LogP contribution in [0.1, 0.15) is 52.0 Å². The van der Waals surface area contributed by atoms with Crippen molar-refractivity contribution < 1.29 is 0 Å². The van der Waals surface area contributed by atoms with Gasteiger partial charge in [0.2, 0.25) is 0 Å². The van der Waals surface area contributed by atoms with Gasteiger partial charge in [0.25, 0.3) is 0 Å². The zero-order valence-corrected chi connectivity index (χ0v) is 12.9. The summed E-state index contributed by atoms with van der Waals surface area (Å²) in [6.45, 7) is 8.93. The molecule has 0 fully saturated rings. The molecular formula is C16H28ClN. The van der Waals surface area contributed by atoms with E-state index in [1.54, 1.807) is 0 Å². The predicted molar refractivity (Wildman–Crippen MR) is 85.1 cm³/mol. The standard InChI is InChI=1S/C16H27N.ClH/c1-4-7-8-9-12-15-13-10-11-14-16(15)17(5-2)6-3;/h10-11,13-14H,4-9,12H2,1-3H3;1H. The molecule has 0 unspecified atom stereocenters. The molecule has 0 saturated carbocycles. The van der Waals surface area contributed by atoms with Crippen LogP contribution in [-0.4, -0.2) is 13.1 Å². The molecule has 0 amide bonds. The number of aryl methyl sites for hydroxylation is 1. The van der Waals surface area contributed by atoms with Crippen LogP contribution in [0, 0.1) is 0 Å². The molecule has 1 aromatic rings. The lowest BCUT2D eigenvalue weighted by Gasteiger charge is -2.24. The fourth-order valence-electron chi connectivity index (χ4n) is 2.34. The van der Waals surface area contributed by atoms with Crippen LogP contribution in [0.3, 0.4) is 0 Å². The van der Waals surface area contributed by atoms with Crippen molar-refractivity contribution in [2.24, 2.45) is 0 Å². The Morgan fingerprint density at radius 2 is 1.56 bits per heavy atom. The lowest BCUT2D eigenvalue weighted by Crippen LogP contribution is -2.23. The van der Waals surface area contributed by atoms with Crippen LogP contribution in [0.4, 0.5) is 5.69 Å². The first-order valence-electron chi connectivity index (χ1n) is 7.16. The molecular weight excluding hydrogens is 242 g/mol. The van der Waals surface area contributed by atoms with Crippen molar-refractivity contribution in [3.05, 3.63) is 29.8 Å². The number of benzene rings is 1. The fourth-order valence-corrected chi connectivity index (χ4v) is 2.34. The summed E-state index contributed by atoms with van der Waals surface area (Å²) in [5.74, 6) is 0. The molecule has 0 N–H and O–H groups in total. The third-order valence-corrected chi connectivity index (χ3v) is 3.40. The average molecular weight is 270 g/mol. The van der Waals surface area contributed by atoms with Crippen molar-refractivity contribution in [3.63, 3.8) is 0 Å². The van der Waals surface area contributed by atoms with Gasteiger partial charge >= 0.3 is 0 Å². The zero-order chi connectivity index (χ0) is 12.5. The van der Waals surface area contributed by atoms with Crippen molar-refractivity contribution in [3.8, 4) is 0 Å². The number of para-hydroxylation sites is 1. The Balaban J connectivity index is 0.00000289. The minimum atomic E-state index is 0. The van der Waals surface area contributed by atoms with Gasteiger partial charge in [0.05, 0.1) is 0 Å². The highest BCUT2D eigenvalue weighted by molar-refractivity contribution is 5.85. The fraction of sp³-hybridized carbons (Fsp3) is 0.625. The summed E-state index contributed by atoms with van der Waals surface area (Å²) < 4.78 is 0. The molecule has 1 nitrogen and oxygen atoms in total. The SMILES string of the molecule is CCCCCCc1ccccc1N(CC)CC.Cl. The van der Waals surface area contributed by atoms with Gasteiger partial charge < -0.3 is 4.90 Å². The van der Waals surface area contributed by atoms with Crippen molar-refractivity contribution in [1.29, 1.82) is 0 Å². The maximum absolute atomic E-state index is 2.45. The number of hydrogen-bond acceptors (Lipinski definition) is 1. The summed E-state index contributed by atoms with van der Waals surface area (Å²) in [5, 5.41) is 0. The Bertz CT molecular complexity index is 308. The van der Waals surface area contributed by atoms with Gasteiger partial charge in [-0.1, -0.05) is 44.4 Å². The molecule has 0 aromatic heterocycles. The van der Waals surface area contributed by atoms with Crippen LogP contribution in [0.2, 0.25) is 0 Å². The maximum Gasteiger partial charge on any atom is 0.0398 e. The van der Waals surface area contributed by atoms with E-state index in [0.29, 0.717) is 0 Å². The van der Waals surface area contributed by atoms with E-state index in [0.717, 1.165) is 13.1 Å². The van der Waals surface area contributed by atoms with E-state index in [9.17, 15) is 0 Å². The lowest BCUT2D eigenvalue weighted by atomic mass is 10.0. The molecule has 0 atom stereocenters. The molecule has 0 heterocycles. The summed E-state index contributed by atoms with van der Waals surface area (Å²) in [6, 6.07) is 8.88. The normalized spacial score (nSPS) is 9.94. The van der Waals surface area contributed by atoms with E-state index in [2.05, 4.69) is 49.9 Å². The van der Waals surface area contributed by atoms with Crippen LogP contribution in [-0.2, 0) is 6.42 Å². The topological polar surface area (TPSA) is 3.24 Å². The molecule has 0 aliphatic carbocycles. The lowest BCUT2D eigenvalue weighted by molar-refractivity contribution is 0.665. The second-order valence-corrected chi connectivity index (χ2v) is 4.61. The molecule has 0 aliphatic heterocycles. The third-order valence-electron chi connectivity index (χ3n) is 3.40. The third kappa shape index (κ3) is 5.30. The average Bonchev–Trinajstić information content (AvgIpc) is 2.38. The van der Waals surface area contributed by atoms with E-state index in [4.69, 9.17) is 0 Å². The molecule has 1 aromatic carbocycles. The smallest absolute Gasteiger partial charge is 0.0398 e.